The van der Waals surface area contributed by atoms with Gasteiger partial charge in [0.2, 0.25) is 21.8 Å². The lowest BCUT2D eigenvalue weighted by atomic mass is 10.1. The number of nitrogens with zero attached hydrogens (tertiary/aromatic N) is 4. The lowest BCUT2D eigenvalue weighted by Crippen LogP contribution is -2.51. The van der Waals surface area contributed by atoms with E-state index in [2.05, 4.69) is 0 Å². The van der Waals surface area contributed by atoms with Crippen molar-refractivity contribution >= 4 is 27.5 Å². The number of piperidine rings is 1. The predicted molar refractivity (Wildman–Crippen MR) is 114 cm³/mol. The van der Waals surface area contributed by atoms with Crippen LogP contribution in [0.4, 0.5) is 5.69 Å². The van der Waals surface area contributed by atoms with E-state index in [4.69, 9.17) is 0 Å². The number of rotatable bonds is 3. The summed E-state index contributed by atoms with van der Waals surface area (Å²) in [4.78, 5) is 31.2. The number of carbonyl (C=O) groups excluding carboxylic acids is 2. The van der Waals surface area contributed by atoms with Crippen LogP contribution in [0.2, 0.25) is 0 Å². The van der Waals surface area contributed by atoms with Crippen molar-refractivity contribution < 1.29 is 18.0 Å². The fourth-order valence-corrected chi connectivity index (χ4v) is 6.41. The first-order chi connectivity index (χ1) is 14.3. The number of likely N-dealkylation sites (tertiary alicyclic amines) is 1. The summed E-state index contributed by atoms with van der Waals surface area (Å²) < 4.78 is 28.1. The van der Waals surface area contributed by atoms with Crippen molar-refractivity contribution in [2.24, 2.45) is 0 Å². The first-order valence-electron chi connectivity index (χ1n) is 10.7. The maximum Gasteiger partial charge on any atom is 0.245 e. The summed E-state index contributed by atoms with van der Waals surface area (Å²) in [5.41, 5.74) is 0.579. The van der Waals surface area contributed by atoms with E-state index in [0.717, 1.165) is 38.8 Å². The number of fused-ring (bicyclic) bond motifs is 3. The highest BCUT2D eigenvalue weighted by Crippen LogP contribution is 2.40. The van der Waals surface area contributed by atoms with E-state index in [1.807, 2.05) is 15.9 Å². The van der Waals surface area contributed by atoms with Crippen LogP contribution in [0.15, 0.2) is 29.2 Å². The van der Waals surface area contributed by atoms with Gasteiger partial charge in [0.1, 0.15) is 10.9 Å². The second kappa shape index (κ2) is 8.19. The zero-order chi connectivity index (χ0) is 21.5. The molecule has 3 heterocycles. The Morgan fingerprint density at radius 3 is 2.47 bits per heavy atom. The van der Waals surface area contributed by atoms with Crippen molar-refractivity contribution in [3.63, 3.8) is 0 Å². The summed E-state index contributed by atoms with van der Waals surface area (Å²) in [5.74, 6) is -0.161. The number of hydrogen-bond donors (Lipinski definition) is 0. The molecule has 1 aromatic rings. The summed E-state index contributed by atoms with van der Waals surface area (Å²) in [6, 6.07) is 6.40. The molecule has 0 aromatic heterocycles. The first-order valence-corrected chi connectivity index (χ1v) is 12.1. The van der Waals surface area contributed by atoms with Crippen LogP contribution < -0.4 is 4.90 Å². The standard InChI is InChI=1S/C21H30N4O4S/c1-22(2)20(26)15-24-14-16-10-11-18(21(27)23-12-6-3-7-13-23)25(16)17-8-4-5-9-19(17)30(24,28)29/h4-5,8-9,16,18H,3,6-7,10-15H2,1-2H3/t16-,18-/m0/s1. The first kappa shape index (κ1) is 21.1. The van der Waals surface area contributed by atoms with Crippen LogP contribution in [-0.4, -0.2) is 86.7 Å². The monoisotopic (exact) mass is 434 g/mol. The molecule has 2 saturated heterocycles. The third-order valence-electron chi connectivity index (χ3n) is 6.44. The Balaban J connectivity index is 1.71. The van der Waals surface area contributed by atoms with Gasteiger partial charge in [-0.3, -0.25) is 9.59 Å². The molecule has 164 valence electrons. The minimum atomic E-state index is -3.84. The maximum absolute atomic E-state index is 13.4. The van der Waals surface area contributed by atoms with Crippen LogP contribution in [0.5, 0.6) is 0 Å². The normalized spacial score (nSPS) is 25.9. The van der Waals surface area contributed by atoms with E-state index in [1.165, 1.54) is 9.21 Å². The van der Waals surface area contributed by atoms with Crippen molar-refractivity contribution in [2.75, 3.05) is 45.2 Å². The molecule has 2 amide bonds. The van der Waals surface area contributed by atoms with Crippen LogP contribution in [-0.2, 0) is 19.6 Å². The smallest absolute Gasteiger partial charge is 0.245 e. The zero-order valence-electron chi connectivity index (χ0n) is 17.7. The Kier molecular flexibility index (Phi) is 5.76. The average Bonchev–Trinajstić information content (AvgIpc) is 3.13. The van der Waals surface area contributed by atoms with Gasteiger partial charge in [-0.25, -0.2) is 8.42 Å². The highest BCUT2D eigenvalue weighted by molar-refractivity contribution is 7.89. The van der Waals surface area contributed by atoms with E-state index in [0.29, 0.717) is 12.1 Å². The third-order valence-corrected chi connectivity index (χ3v) is 8.30. The molecule has 3 aliphatic heterocycles. The molecule has 0 bridgehead atoms. The number of benzene rings is 1. The van der Waals surface area contributed by atoms with E-state index in [1.54, 1.807) is 32.3 Å². The molecule has 0 aliphatic carbocycles. The van der Waals surface area contributed by atoms with Gasteiger partial charge >= 0.3 is 0 Å². The second-order valence-electron chi connectivity index (χ2n) is 8.59. The Morgan fingerprint density at radius 1 is 1.07 bits per heavy atom. The molecule has 0 N–H and O–H groups in total. The molecular weight excluding hydrogens is 404 g/mol. The molecule has 1 aromatic carbocycles. The summed E-state index contributed by atoms with van der Waals surface area (Å²) in [7, 11) is -0.603. The van der Waals surface area contributed by atoms with Gasteiger partial charge in [0.25, 0.3) is 0 Å². The van der Waals surface area contributed by atoms with E-state index in [-0.39, 0.29) is 41.9 Å². The maximum atomic E-state index is 13.4. The number of hydrogen-bond acceptors (Lipinski definition) is 5. The number of anilines is 1. The highest BCUT2D eigenvalue weighted by atomic mass is 32.2. The minimum Gasteiger partial charge on any atom is -0.354 e. The largest absolute Gasteiger partial charge is 0.354 e. The zero-order valence-corrected chi connectivity index (χ0v) is 18.5. The van der Waals surface area contributed by atoms with Crippen LogP contribution in [0, 0.1) is 0 Å². The quantitative estimate of drug-likeness (QED) is 0.712. The number of carbonyl (C=O) groups is 2. The van der Waals surface area contributed by atoms with Crippen LogP contribution in [0.3, 0.4) is 0 Å². The minimum absolute atomic E-state index is 0.0993. The van der Waals surface area contributed by atoms with Crippen molar-refractivity contribution in [1.82, 2.24) is 14.1 Å². The van der Waals surface area contributed by atoms with Gasteiger partial charge in [0, 0.05) is 39.8 Å². The average molecular weight is 435 g/mol. The van der Waals surface area contributed by atoms with E-state index >= 15 is 0 Å². The predicted octanol–water partition coefficient (Wildman–Crippen LogP) is 1.13. The Morgan fingerprint density at radius 2 is 1.77 bits per heavy atom. The van der Waals surface area contributed by atoms with Gasteiger partial charge in [0.05, 0.1) is 12.2 Å². The van der Waals surface area contributed by atoms with Gasteiger partial charge in [0.15, 0.2) is 0 Å². The van der Waals surface area contributed by atoms with Gasteiger partial charge < -0.3 is 14.7 Å². The van der Waals surface area contributed by atoms with Gasteiger partial charge in [-0.15, -0.1) is 0 Å². The SMILES string of the molecule is CN(C)C(=O)CN1C[C@@H]2CC[C@@H](C(=O)N3CCCCC3)N2c2ccccc2S1(=O)=O. The molecule has 0 radical (unpaired) electrons. The highest BCUT2D eigenvalue weighted by Gasteiger charge is 2.46. The Hall–Kier alpha value is -2.13. The third kappa shape index (κ3) is 3.69. The van der Waals surface area contributed by atoms with Crippen molar-refractivity contribution in [3.05, 3.63) is 24.3 Å². The van der Waals surface area contributed by atoms with Crippen molar-refractivity contribution in [2.45, 2.75) is 49.1 Å². The van der Waals surface area contributed by atoms with Gasteiger partial charge in [-0.1, -0.05) is 12.1 Å². The van der Waals surface area contributed by atoms with E-state index in [9.17, 15) is 18.0 Å². The molecule has 8 nitrogen and oxygen atoms in total. The van der Waals surface area contributed by atoms with Crippen LogP contribution in [0.1, 0.15) is 32.1 Å². The van der Waals surface area contributed by atoms with Gasteiger partial charge in [-0.05, 0) is 44.2 Å². The van der Waals surface area contributed by atoms with E-state index < -0.39 is 10.0 Å². The molecular formula is C21H30N4O4S. The van der Waals surface area contributed by atoms with Crippen LogP contribution >= 0.6 is 0 Å². The fourth-order valence-electron chi connectivity index (χ4n) is 4.80. The Bertz CT molecular complexity index is 927. The number of sulfonamides is 1. The molecule has 4 rings (SSSR count). The lowest BCUT2D eigenvalue weighted by Gasteiger charge is -2.35. The van der Waals surface area contributed by atoms with Crippen LogP contribution in [0.25, 0.3) is 0 Å². The Labute approximate surface area is 178 Å². The molecule has 30 heavy (non-hydrogen) atoms. The molecule has 9 heteroatoms. The summed E-state index contributed by atoms with van der Waals surface area (Å²) in [6.07, 6.45) is 4.61. The number of para-hydroxylation sites is 1. The molecule has 2 fully saturated rings. The van der Waals surface area contributed by atoms with Crippen molar-refractivity contribution in [1.29, 1.82) is 0 Å². The topological polar surface area (TPSA) is 81.2 Å². The fraction of sp³-hybridized carbons (Fsp3) is 0.619. The number of amides is 2. The molecule has 0 unspecified atom stereocenters. The summed E-state index contributed by atoms with van der Waals surface area (Å²) in [6.45, 7) is 1.56. The summed E-state index contributed by atoms with van der Waals surface area (Å²) in [5, 5.41) is 0. The summed E-state index contributed by atoms with van der Waals surface area (Å²) >= 11 is 0. The molecule has 0 spiro atoms. The molecule has 3 aliphatic rings. The van der Waals surface area contributed by atoms with Gasteiger partial charge in [-0.2, -0.15) is 4.31 Å². The second-order valence-corrected chi connectivity index (χ2v) is 10.5. The number of likely N-dealkylation sites (N-methyl/N-ethyl adjacent to an activating group) is 1. The lowest BCUT2D eigenvalue weighted by molar-refractivity contribution is -0.133. The molecule has 0 saturated carbocycles. The van der Waals surface area contributed by atoms with Crippen molar-refractivity contribution in [3.8, 4) is 0 Å². The molecule has 2 atom stereocenters.